The first-order chi connectivity index (χ1) is 5.05. The second-order valence-electron chi connectivity index (χ2n) is 1.80. The van der Waals surface area contributed by atoms with Gasteiger partial charge in [-0.3, -0.25) is 0 Å². The predicted molar refractivity (Wildman–Crippen MR) is 31.8 cm³/mol. The molecular formula is C4H6O6S. The molecule has 0 aromatic rings. The van der Waals surface area contributed by atoms with Crippen LogP contribution in [-0.4, -0.2) is 34.2 Å². The number of ether oxygens (including phenoxy) is 1. The van der Waals surface area contributed by atoms with E-state index in [2.05, 4.69) is 13.1 Å². The van der Waals surface area contributed by atoms with E-state index in [0.29, 0.717) is 0 Å². The Bertz CT molecular complexity index is 254. The van der Waals surface area contributed by atoms with Gasteiger partial charge < -0.3 is 4.74 Å². The van der Waals surface area contributed by atoms with Crippen LogP contribution < -0.4 is 0 Å². The van der Waals surface area contributed by atoms with Gasteiger partial charge in [0, 0.05) is 0 Å². The van der Waals surface area contributed by atoms with Crippen molar-refractivity contribution < 1.29 is 26.3 Å². The number of carbonyl (C=O) groups excluding carboxylic acids is 1. The molecule has 7 heteroatoms. The minimum absolute atomic E-state index is 0.311. The van der Waals surface area contributed by atoms with Gasteiger partial charge in [-0.2, -0.15) is 8.42 Å². The van der Waals surface area contributed by atoms with Crippen LogP contribution in [0.2, 0.25) is 0 Å². The van der Waals surface area contributed by atoms with Crippen LogP contribution in [0.25, 0.3) is 0 Å². The summed E-state index contributed by atoms with van der Waals surface area (Å²) in [6.07, 6.45) is -1.15. The van der Waals surface area contributed by atoms with E-state index in [0.717, 1.165) is 7.11 Å². The van der Waals surface area contributed by atoms with E-state index in [1.165, 1.54) is 0 Å². The lowest BCUT2D eigenvalue weighted by Crippen LogP contribution is -2.24. The normalized spacial score (nSPS) is 28.3. The maximum atomic E-state index is 10.6. The molecule has 0 aliphatic carbocycles. The molecule has 1 aliphatic rings. The first-order valence-corrected chi connectivity index (χ1v) is 4.04. The van der Waals surface area contributed by atoms with Gasteiger partial charge in [0.15, 0.2) is 0 Å². The largest absolute Gasteiger partial charge is 0.467 e. The fourth-order valence-corrected chi connectivity index (χ4v) is 1.35. The quantitative estimate of drug-likeness (QED) is 0.475. The Balaban J connectivity index is 2.62. The molecule has 1 saturated heterocycles. The van der Waals surface area contributed by atoms with Crippen LogP contribution in [-0.2, 0) is 28.3 Å². The molecule has 0 saturated carbocycles. The van der Waals surface area contributed by atoms with E-state index in [9.17, 15) is 13.2 Å². The number of rotatable bonds is 1. The molecule has 0 spiro atoms. The van der Waals surface area contributed by atoms with Gasteiger partial charge in [0.25, 0.3) is 0 Å². The maximum absolute atomic E-state index is 10.6. The molecule has 1 aliphatic heterocycles. The van der Waals surface area contributed by atoms with Crippen molar-refractivity contribution in [3.63, 3.8) is 0 Å². The van der Waals surface area contributed by atoms with Crippen LogP contribution in [0.5, 0.6) is 0 Å². The van der Waals surface area contributed by atoms with E-state index in [1.54, 1.807) is 0 Å². The van der Waals surface area contributed by atoms with Gasteiger partial charge in [-0.05, 0) is 0 Å². The number of hydrogen-bond donors (Lipinski definition) is 0. The minimum atomic E-state index is -3.95. The summed E-state index contributed by atoms with van der Waals surface area (Å²) in [5, 5.41) is 0. The summed E-state index contributed by atoms with van der Waals surface area (Å²) in [4.78, 5) is 10.6. The topological polar surface area (TPSA) is 78.9 Å². The minimum Gasteiger partial charge on any atom is -0.467 e. The molecule has 0 aromatic heterocycles. The maximum Gasteiger partial charge on any atom is 0.400 e. The number of carbonyl (C=O) groups is 1. The summed E-state index contributed by atoms with van der Waals surface area (Å²) in [5.41, 5.74) is 0. The Morgan fingerprint density at radius 2 is 2.27 bits per heavy atom. The Morgan fingerprint density at radius 3 is 2.64 bits per heavy atom. The van der Waals surface area contributed by atoms with Crippen molar-refractivity contribution in [3.05, 3.63) is 0 Å². The molecule has 1 atom stereocenters. The van der Waals surface area contributed by atoms with Crippen molar-refractivity contribution in [2.75, 3.05) is 13.7 Å². The van der Waals surface area contributed by atoms with Crippen LogP contribution in [0.15, 0.2) is 0 Å². The zero-order valence-corrected chi connectivity index (χ0v) is 6.46. The lowest BCUT2D eigenvalue weighted by molar-refractivity contribution is -0.147. The van der Waals surface area contributed by atoms with Crippen LogP contribution in [0.4, 0.5) is 0 Å². The standard InChI is InChI=1S/C4H6O6S/c1-8-4(5)3-2-9-11(6,7)10-3/h3H,2H2,1H3. The second-order valence-corrected chi connectivity index (χ2v) is 3.05. The van der Waals surface area contributed by atoms with Crippen molar-refractivity contribution in [2.45, 2.75) is 6.10 Å². The Morgan fingerprint density at radius 1 is 1.64 bits per heavy atom. The highest BCUT2D eigenvalue weighted by molar-refractivity contribution is 7.82. The fourth-order valence-electron chi connectivity index (χ4n) is 0.582. The highest BCUT2D eigenvalue weighted by Crippen LogP contribution is 2.13. The fraction of sp³-hybridized carbons (Fsp3) is 0.750. The lowest BCUT2D eigenvalue weighted by atomic mass is 10.4. The van der Waals surface area contributed by atoms with Crippen molar-refractivity contribution in [3.8, 4) is 0 Å². The molecule has 0 bridgehead atoms. The molecule has 11 heavy (non-hydrogen) atoms. The van der Waals surface area contributed by atoms with Crippen molar-refractivity contribution >= 4 is 16.4 Å². The molecule has 1 heterocycles. The van der Waals surface area contributed by atoms with Crippen molar-refractivity contribution in [1.29, 1.82) is 0 Å². The number of esters is 1. The van der Waals surface area contributed by atoms with E-state index >= 15 is 0 Å². The summed E-state index contributed by atoms with van der Waals surface area (Å²) in [7, 11) is -2.82. The highest BCUT2D eigenvalue weighted by atomic mass is 32.3. The van der Waals surface area contributed by atoms with Gasteiger partial charge in [-0.25, -0.2) is 13.2 Å². The van der Waals surface area contributed by atoms with E-state index < -0.39 is 22.5 Å². The zero-order valence-electron chi connectivity index (χ0n) is 5.64. The average Bonchev–Trinajstić information content (AvgIpc) is 2.29. The molecule has 64 valence electrons. The van der Waals surface area contributed by atoms with Crippen LogP contribution in [0.1, 0.15) is 0 Å². The van der Waals surface area contributed by atoms with E-state index in [4.69, 9.17) is 0 Å². The smallest absolute Gasteiger partial charge is 0.400 e. The molecule has 1 rings (SSSR count). The summed E-state index contributed by atoms with van der Waals surface area (Å²) in [6.45, 7) is -0.311. The molecule has 0 aromatic carbocycles. The van der Waals surface area contributed by atoms with Crippen molar-refractivity contribution in [2.24, 2.45) is 0 Å². The van der Waals surface area contributed by atoms with Gasteiger partial charge in [0.2, 0.25) is 6.10 Å². The van der Waals surface area contributed by atoms with E-state index in [1.807, 2.05) is 0 Å². The first kappa shape index (κ1) is 8.44. The molecule has 0 N–H and O–H groups in total. The predicted octanol–water partition coefficient (Wildman–Crippen LogP) is -1.18. The molecule has 1 unspecified atom stereocenters. The lowest BCUT2D eigenvalue weighted by Gasteiger charge is -2.00. The number of methoxy groups -OCH3 is 1. The first-order valence-electron chi connectivity index (χ1n) is 2.70. The molecular weight excluding hydrogens is 176 g/mol. The van der Waals surface area contributed by atoms with E-state index in [-0.39, 0.29) is 6.61 Å². The third-order valence-electron chi connectivity index (χ3n) is 1.06. The van der Waals surface area contributed by atoms with Gasteiger partial charge in [-0.1, -0.05) is 0 Å². The van der Waals surface area contributed by atoms with Crippen LogP contribution in [0, 0.1) is 0 Å². The Labute approximate surface area is 63.4 Å². The van der Waals surface area contributed by atoms with Gasteiger partial charge >= 0.3 is 16.4 Å². The molecule has 6 nitrogen and oxygen atoms in total. The molecule has 1 fully saturated rings. The third kappa shape index (κ3) is 1.88. The summed E-state index contributed by atoms with van der Waals surface area (Å²) in [5.74, 6) is -0.758. The van der Waals surface area contributed by atoms with Gasteiger partial charge in [0.1, 0.15) is 6.61 Å². The zero-order chi connectivity index (χ0) is 8.48. The monoisotopic (exact) mass is 182 g/mol. The SMILES string of the molecule is COC(=O)C1COS(=O)(=O)O1. The summed E-state index contributed by atoms with van der Waals surface area (Å²) >= 11 is 0. The molecule has 0 radical (unpaired) electrons. The average molecular weight is 182 g/mol. The van der Waals surface area contributed by atoms with Crippen LogP contribution in [0.3, 0.4) is 0 Å². The van der Waals surface area contributed by atoms with Crippen LogP contribution >= 0.6 is 0 Å². The number of hydrogen-bond acceptors (Lipinski definition) is 6. The molecule has 0 amide bonds. The van der Waals surface area contributed by atoms with Gasteiger partial charge in [-0.15, -0.1) is 0 Å². The Hall–Kier alpha value is -0.660. The van der Waals surface area contributed by atoms with Gasteiger partial charge in [0.05, 0.1) is 7.11 Å². The third-order valence-corrected chi connectivity index (χ3v) is 1.95. The Kier molecular flexibility index (Phi) is 2.12. The second kappa shape index (κ2) is 2.76. The summed E-state index contributed by atoms with van der Waals surface area (Å²) < 4.78 is 33.3. The summed E-state index contributed by atoms with van der Waals surface area (Å²) in [6, 6.07) is 0. The highest BCUT2D eigenvalue weighted by Gasteiger charge is 2.35. The van der Waals surface area contributed by atoms with Crippen molar-refractivity contribution in [1.82, 2.24) is 0 Å².